The Morgan fingerprint density at radius 1 is 0.521 bits per heavy atom. The molecule has 2 heterocycles. The van der Waals surface area contributed by atoms with Gasteiger partial charge in [-0.1, -0.05) is 84.9 Å². The monoisotopic (exact) mass is 612 g/mol. The lowest BCUT2D eigenvalue weighted by Crippen LogP contribution is -2.03. The van der Waals surface area contributed by atoms with E-state index in [4.69, 9.17) is 0 Å². The van der Waals surface area contributed by atoms with Gasteiger partial charge in [-0.15, -0.1) is 0 Å². The third kappa shape index (κ3) is 4.21. The molecule has 1 aliphatic carbocycles. The van der Waals surface area contributed by atoms with Crippen LogP contribution in [-0.2, 0) is 6.42 Å². The second-order valence-corrected chi connectivity index (χ2v) is 12.3. The third-order valence-corrected chi connectivity index (χ3v) is 9.66. The Hall–Kier alpha value is -6.62. The van der Waals surface area contributed by atoms with Crippen LogP contribution in [0, 0.1) is 22.7 Å². The van der Waals surface area contributed by atoms with Crippen LogP contribution in [0.15, 0.2) is 140 Å². The average Bonchev–Trinajstić information content (AvgIpc) is 3.67. The van der Waals surface area contributed by atoms with Crippen molar-refractivity contribution >= 4 is 38.8 Å². The first-order valence-electron chi connectivity index (χ1n) is 16.2. The van der Waals surface area contributed by atoms with E-state index >= 15 is 0 Å². The minimum atomic E-state index is 0.650. The van der Waals surface area contributed by atoms with E-state index in [9.17, 15) is 10.5 Å². The molecule has 0 fully saturated rings. The molecule has 0 amide bonds. The molecule has 0 aliphatic heterocycles. The highest BCUT2D eigenvalue weighted by Gasteiger charge is 2.22. The van der Waals surface area contributed by atoms with Crippen molar-refractivity contribution in [3.05, 3.63) is 162 Å². The summed E-state index contributed by atoms with van der Waals surface area (Å²) in [6.45, 7) is 0. The second-order valence-electron chi connectivity index (χ2n) is 12.3. The van der Waals surface area contributed by atoms with E-state index in [0.29, 0.717) is 11.1 Å². The van der Waals surface area contributed by atoms with Gasteiger partial charge in [-0.3, -0.25) is 0 Å². The van der Waals surface area contributed by atoms with E-state index in [0.717, 1.165) is 73.8 Å². The van der Waals surface area contributed by atoms with Crippen LogP contribution in [0.1, 0.15) is 28.8 Å². The molecule has 0 radical (unpaired) electrons. The minimum Gasteiger partial charge on any atom is -0.313 e. The fraction of sp³-hybridized carbons (Fsp3) is 0.0455. The van der Waals surface area contributed by atoms with Crippen molar-refractivity contribution in [2.24, 2.45) is 0 Å². The summed E-state index contributed by atoms with van der Waals surface area (Å²) in [5, 5.41) is 22.6. The van der Waals surface area contributed by atoms with Crippen LogP contribution in [0.25, 0.3) is 72.4 Å². The summed E-state index contributed by atoms with van der Waals surface area (Å²) in [6.07, 6.45) is 6.49. The lowest BCUT2D eigenvalue weighted by Gasteiger charge is -2.16. The fourth-order valence-electron chi connectivity index (χ4n) is 7.54. The summed E-state index contributed by atoms with van der Waals surface area (Å²) >= 11 is 0. The largest absolute Gasteiger partial charge is 0.313 e. The van der Waals surface area contributed by atoms with Crippen LogP contribution in [0.3, 0.4) is 0 Å². The van der Waals surface area contributed by atoms with Gasteiger partial charge in [-0.05, 0) is 90.2 Å². The van der Waals surface area contributed by atoms with Crippen LogP contribution in [0.4, 0.5) is 0 Å². The predicted octanol–water partition coefficient (Wildman–Crippen LogP) is 10.8. The van der Waals surface area contributed by atoms with Gasteiger partial charge in [-0.2, -0.15) is 10.5 Å². The zero-order valence-electron chi connectivity index (χ0n) is 26.1. The Balaban J connectivity index is 1.31. The van der Waals surface area contributed by atoms with Gasteiger partial charge >= 0.3 is 0 Å². The van der Waals surface area contributed by atoms with Crippen LogP contribution in [-0.4, -0.2) is 9.13 Å². The zero-order valence-corrected chi connectivity index (χ0v) is 26.1. The van der Waals surface area contributed by atoms with Crippen LogP contribution < -0.4 is 0 Å². The molecule has 224 valence electrons. The molecule has 0 saturated heterocycles. The molecule has 4 heteroatoms. The number of allylic oxidation sites excluding steroid dienone is 1. The van der Waals surface area contributed by atoms with Gasteiger partial charge in [0.25, 0.3) is 0 Å². The summed E-state index contributed by atoms with van der Waals surface area (Å²) in [6, 6.07) is 50.9. The molecular weight excluding hydrogens is 585 g/mol. The topological polar surface area (TPSA) is 57.4 Å². The van der Waals surface area contributed by atoms with Crippen molar-refractivity contribution in [3.8, 4) is 45.8 Å². The summed E-state index contributed by atoms with van der Waals surface area (Å²) in [5.74, 6) is 0. The van der Waals surface area contributed by atoms with Crippen LogP contribution in [0.2, 0.25) is 0 Å². The Morgan fingerprint density at radius 3 is 2.06 bits per heavy atom. The molecule has 0 saturated carbocycles. The van der Waals surface area contributed by atoms with Gasteiger partial charge < -0.3 is 9.13 Å². The summed E-state index contributed by atoms with van der Waals surface area (Å²) in [5.41, 5.74) is 13.9. The smallest absolute Gasteiger partial charge is 0.0991 e. The number of nitrogens with zero attached hydrogens (tertiary/aromatic N) is 4. The molecule has 0 bridgehead atoms. The molecule has 4 nitrogen and oxygen atoms in total. The van der Waals surface area contributed by atoms with E-state index in [1.807, 2.05) is 30.3 Å². The van der Waals surface area contributed by atoms with E-state index in [1.54, 1.807) is 0 Å². The Kier molecular flexibility index (Phi) is 6.35. The number of nitriles is 2. The lowest BCUT2D eigenvalue weighted by atomic mass is 9.92. The van der Waals surface area contributed by atoms with E-state index in [1.165, 1.54) is 16.6 Å². The van der Waals surface area contributed by atoms with Gasteiger partial charge in [-0.25, -0.2) is 0 Å². The van der Waals surface area contributed by atoms with E-state index in [2.05, 4.69) is 137 Å². The second kappa shape index (κ2) is 11.0. The first-order chi connectivity index (χ1) is 23.7. The Labute approximate surface area is 278 Å². The number of hydrogen-bond donors (Lipinski definition) is 0. The normalized spacial score (nSPS) is 12.3. The summed E-state index contributed by atoms with van der Waals surface area (Å²) in [7, 11) is 0. The third-order valence-electron chi connectivity index (χ3n) is 9.66. The first kappa shape index (κ1) is 27.7. The molecule has 48 heavy (non-hydrogen) atoms. The number of aromatic nitrogens is 2. The van der Waals surface area contributed by atoms with Crippen molar-refractivity contribution in [1.82, 2.24) is 9.13 Å². The Bertz CT molecular complexity index is 2670. The molecule has 0 N–H and O–H groups in total. The predicted molar refractivity (Wildman–Crippen MR) is 195 cm³/mol. The van der Waals surface area contributed by atoms with Crippen molar-refractivity contribution in [2.45, 2.75) is 12.8 Å². The molecule has 8 aromatic rings. The summed E-state index contributed by atoms with van der Waals surface area (Å²) < 4.78 is 4.71. The van der Waals surface area contributed by atoms with E-state index < -0.39 is 0 Å². The first-order valence-corrected chi connectivity index (χ1v) is 16.2. The number of benzene rings is 6. The number of hydrogen-bond acceptors (Lipinski definition) is 2. The standard InChI is InChI=1S/C44H28N4/c45-27-29-17-21-33(22-18-29)47-41-16-7-6-13-36(41)37-23-20-31(26-43(37)47)34-11-4-5-12-35(34)38-14-8-15-39-40-25-30(28-46)19-24-42(40)48(44(38)39)32-9-2-1-3-10-32/h1-6,8-15,17-26H,7,16H2. The molecule has 6 aromatic carbocycles. The molecule has 9 rings (SSSR count). The minimum absolute atomic E-state index is 0.650. The lowest BCUT2D eigenvalue weighted by molar-refractivity contribution is 0.888. The molecular formula is C44H28N4. The van der Waals surface area contributed by atoms with Crippen molar-refractivity contribution in [3.63, 3.8) is 0 Å². The van der Waals surface area contributed by atoms with Crippen LogP contribution in [0.5, 0.6) is 0 Å². The molecule has 0 atom stereocenters. The van der Waals surface area contributed by atoms with E-state index in [-0.39, 0.29) is 0 Å². The maximum absolute atomic E-state index is 9.76. The zero-order chi connectivity index (χ0) is 32.2. The van der Waals surface area contributed by atoms with Crippen molar-refractivity contribution in [2.75, 3.05) is 0 Å². The number of fused-ring (bicyclic) bond motifs is 6. The highest BCUT2D eigenvalue weighted by atomic mass is 15.0. The highest BCUT2D eigenvalue weighted by molar-refractivity contribution is 6.15. The maximum atomic E-state index is 9.76. The maximum Gasteiger partial charge on any atom is 0.0991 e. The number of para-hydroxylation sites is 2. The molecule has 1 aliphatic rings. The molecule has 0 unspecified atom stereocenters. The van der Waals surface area contributed by atoms with Gasteiger partial charge in [0, 0.05) is 44.4 Å². The highest BCUT2D eigenvalue weighted by Crippen LogP contribution is 2.43. The van der Waals surface area contributed by atoms with Gasteiger partial charge in [0.15, 0.2) is 0 Å². The van der Waals surface area contributed by atoms with Gasteiger partial charge in [0.05, 0.1) is 39.8 Å². The SMILES string of the molecule is N#Cc1ccc(-n2c3c(c4ccc(-c5ccccc5-c5cccc6c7cc(C#N)ccc7n(-c7ccccc7)c56)cc42)C=CCC3)cc1. The average molecular weight is 613 g/mol. The Morgan fingerprint density at radius 2 is 1.25 bits per heavy atom. The van der Waals surface area contributed by atoms with Crippen molar-refractivity contribution < 1.29 is 0 Å². The molecule has 0 spiro atoms. The quantitative estimate of drug-likeness (QED) is 0.199. The molecule has 2 aromatic heterocycles. The van der Waals surface area contributed by atoms with Gasteiger partial charge in [0.2, 0.25) is 0 Å². The summed E-state index contributed by atoms with van der Waals surface area (Å²) in [4.78, 5) is 0. The van der Waals surface area contributed by atoms with Crippen molar-refractivity contribution in [1.29, 1.82) is 10.5 Å². The number of rotatable bonds is 4. The van der Waals surface area contributed by atoms with Gasteiger partial charge in [0.1, 0.15) is 0 Å². The fourth-order valence-corrected chi connectivity index (χ4v) is 7.54. The van der Waals surface area contributed by atoms with Crippen LogP contribution >= 0.6 is 0 Å².